The third-order valence-electron chi connectivity index (χ3n) is 10.3. The van der Waals surface area contributed by atoms with Crippen LogP contribution in [0.4, 0.5) is 17.6 Å². The van der Waals surface area contributed by atoms with Crippen LogP contribution in [0.15, 0.2) is 0 Å². The molecule has 0 nitrogen and oxygen atoms in total. The summed E-state index contributed by atoms with van der Waals surface area (Å²) in [5, 5.41) is 0. The molecule has 0 rings (SSSR count). The van der Waals surface area contributed by atoms with Crippen molar-refractivity contribution in [2.24, 2.45) is 17.8 Å². The zero-order valence-corrected chi connectivity index (χ0v) is 30.7. The second-order valence-corrected chi connectivity index (χ2v) is 14.9. The largest absolute Gasteiger partial charge is 0.238 e. The van der Waals surface area contributed by atoms with Crippen LogP contribution in [0.25, 0.3) is 0 Å². The number of alkyl halides is 4. The summed E-state index contributed by atoms with van der Waals surface area (Å²) >= 11 is 0. The third-order valence-corrected chi connectivity index (χ3v) is 10.3. The van der Waals surface area contributed by atoms with Gasteiger partial charge < -0.3 is 0 Å². The van der Waals surface area contributed by atoms with Crippen molar-refractivity contribution >= 4 is 0 Å². The Labute approximate surface area is 280 Å². The smallest absolute Gasteiger partial charge is 0.211 e. The first-order valence-electron chi connectivity index (χ1n) is 20.4. The molecule has 45 heavy (non-hydrogen) atoms. The van der Waals surface area contributed by atoms with Crippen molar-refractivity contribution in [3.8, 4) is 0 Å². The molecule has 0 aromatic rings. The molecule has 0 heterocycles. The van der Waals surface area contributed by atoms with E-state index in [0.29, 0.717) is 12.8 Å². The number of rotatable bonds is 37. The van der Waals surface area contributed by atoms with E-state index in [4.69, 9.17) is 0 Å². The molecule has 3 atom stereocenters. The van der Waals surface area contributed by atoms with Crippen LogP contribution in [-0.4, -0.2) is 12.9 Å². The Morgan fingerprint density at radius 2 is 0.600 bits per heavy atom. The summed E-state index contributed by atoms with van der Waals surface area (Å²) in [5.41, 5.74) is 0. The van der Waals surface area contributed by atoms with Gasteiger partial charge in [-0.3, -0.25) is 0 Å². The van der Waals surface area contributed by atoms with E-state index < -0.39 is 12.9 Å². The summed E-state index contributed by atoms with van der Waals surface area (Å²) in [6.07, 6.45) is 34.9. The van der Waals surface area contributed by atoms with Crippen LogP contribution in [0.2, 0.25) is 0 Å². The Morgan fingerprint density at radius 1 is 0.311 bits per heavy atom. The van der Waals surface area contributed by atoms with Crippen molar-refractivity contribution in [3.63, 3.8) is 0 Å². The third kappa shape index (κ3) is 34.9. The van der Waals surface area contributed by atoms with Crippen molar-refractivity contribution in [3.05, 3.63) is 0 Å². The first kappa shape index (κ1) is 44.7. The van der Waals surface area contributed by atoms with Gasteiger partial charge >= 0.3 is 0 Å². The van der Waals surface area contributed by atoms with Gasteiger partial charge in [0.15, 0.2) is 0 Å². The SMILES string of the molecule is CCCCCCCCCC(CCCCCCCC(F)F)CCC(C)CC(CCCCCCCCC)CCCCCCCC(F)F. The van der Waals surface area contributed by atoms with E-state index in [-0.39, 0.29) is 12.8 Å². The molecule has 0 amide bonds. The van der Waals surface area contributed by atoms with E-state index in [1.165, 1.54) is 161 Å². The van der Waals surface area contributed by atoms with Gasteiger partial charge in [0.2, 0.25) is 12.9 Å². The molecule has 0 bridgehead atoms. The molecule has 0 aromatic carbocycles. The fourth-order valence-electron chi connectivity index (χ4n) is 7.32. The number of hydrogen-bond donors (Lipinski definition) is 0. The van der Waals surface area contributed by atoms with Gasteiger partial charge in [0.1, 0.15) is 0 Å². The van der Waals surface area contributed by atoms with Crippen molar-refractivity contribution in [2.75, 3.05) is 0 Å². The molecule has 4 heteroatoms. The fourth-order valence-corrected chi connectivity index (χ4v) is 7.32. The van der Waals surface area contributed by atoms with Gasteiger partial charge in [0.05, 0.1) is 0 Å². The highest BCUT2D eigenvalue weighted by atomic mass is 19.3. The minimum Gasteiger partial charge on any atom is -0.211 e. The average molecular weight is 649 g/mol. The molecule has 0 saturated carbocycles. The normalized spacial score (nSPS) is 14.1. The van der Waals surface area contributed by atoms with Crippen LogP contribution in [0.1, 0.15) is 233 Å². The van der Waals surface area contributed by atoms with Crippen molar-refractivity contribution < 1.29 is 17.6 Å². The molecule has 0 aliphatic rings. The molecule has 0 aliphatic carbocycles. The maximum Gasteiger partial charge on any atom is 0.238 e. The first-order chi connectivity index (χ1) is 21.9. The highest BCUT2D eigenvalue weighted by molar-refractivity contribution is 4.69. The van der Waals surface area contributed by atoms with Gasteiger partial charge in [-0.05, 0) is 37.0 Å². The van der Waals surface area contributed by atoms with Crippen LogP contribution >= 0.6 is 0 Å². The zero-order valence-electron chi connectivity index (χ0n) is 30.7. The summed E-state index contributed by atoms with van der Waals surface area (Å²) in [6, 6.07) is 0. The number of unbranched alkanes of at least 4 members (excludes halogenated alkanes) is 20. The fraction of sp³-hybridized carbons (Fsp3) is 1.00. The van der Waals surface area contributed by atoms with Gasteiger partial charge in [0, 0.05) is 12.8 Å². The highest BCUT2D eigenvalue weighted by Crippen LogP contribution is 2.31. The predicted molar refractivity (Wildman–Crippen MR) is 192 cm³/mol. The van der Waals surface area contributed by atoms with Crippen LogP contribution in [0.5, 0.6) is 0 Å². The molecule has 0 aliphatic heterocycles. The zero-order chi connectivity index (χ0) is 33.2. The molecule has 0 saturated heterocycles. The standard InChI is InChI=1S/C41H80F4/c1-4-6-8-10-12-16-22-28-38(29-23-18-14-20-26-32-40(42)43)35-34-37(3)36-39(30-24-17-13-11-9-7-5-2)31-25-19-15-21-27-33-41(44)45/h37-41H,4-36H2,1-3H3. The topological polar surface area (TPSA) is 0 Å². The molecular weight excluding hydrogens is 568 g/mol. The highest BCUT2D eigenvalue weighted by Gasteiger charge is 2.16. The lowest BCUT2D eigenvalue weighted by molar-refractivity contribution is 0.133. The predicted octanol–water partition coefficient (Wildman–Crippen LogP) is 16.3. The lowest BCUT2D eigenvalue weighted by Gasteiger charge is -2.24. The van der Waals surface area contributed by atoms with E-state index in [1.807, 2.05) is 0 Å². The Morgan fingerprint density at radius 3 is 0.933 bits per heavy atom. The Hall–Kier alpha value is -0.280. The van der Waals surface area contributed by atoms with E-state index >= 15 is 0 Å². The summed E-state index contributed by atoms with van der Waals surface area (Å²) in [5.74, 6) is 2.43. The summed E-state index contributed by atoms with van der Waals surface area (Å²) < 4.78 is 49.7. The number of halogens is 4. The van der Waals surface area contributed by atoms with Crippen LogP contribution in [0, 0.1) is 17.8 Å². The van der Waals surface area contributed by atoms with Crippen molar-refractivity contribution in [1.29, 1.82) is 0 Å². The maximum atomic E-state index is 12.4. The van der Waals surface area contributed by atoms with Crippen LogP contribution in [0.3, 0.4) is 0 Å². The molecule has 0 spiro atoms. The summed E-state index contributed by atoms with van der Waals surface area (Å²) in [4.78, 5) is 0. The van der Waals surface area contributed by atoms with Gasteiger partial charge in [-0.2, -0.15) is 0 Å². The van der Waals surface area contributed by atoms with E-state index in [9.17, 15) is 17.6 Å². The summed E-state index contributed by atoms with van der Waals surface area (Å²) in [6.45, 7) is 7.06. The molecular formula is C41H80F4. The second kappa shape index (κ2) is 35.0. The summed E-state index contributed by atoms with van der Waals surface area (Å²) in [7, 11) is 0. The van der Waals surface area contributed by atoms with Gasteiger partial charge in [0.25, 0.3) is 0 Å². The van der Waals surface area contributed by atoms with Crippen molar-refractivity contribution in [2.45, 2.75) is 246 Å². The van der Waals surface area contributed by atoms with Crippen LogP contribution < -0.4 is 0 Å². The van der Waals surface area contributed by atoms with Gasteiger partial charge in [-0.1, -0.05) is 201 Å². The van der Waals surface area contributed by atoms with E-state index in [2.05, 4.69) is 20.8 Å². The molecule has 0 aromatic heterocycles. The molecule has 0 fully saturated rings. The average Bonchev–Trinajstić information content (AvgIpc) is 3.00. The molecule has 0 N–H and O–H groups in total. The molecule has 272 valence electrons. The Bertz CT molecular complexity index is 552. The Kier molecular flexibility index (Phi) is 34.8. The monoisotopic (exact) mass is 649 g/mol. The lowest BCUT2D eigenvalue weighted by atomic mass is 9.82. The lowest BCUT2D eigenvalue weighted by Crippen LogP contribution is -2.10. The number of hydrogen-bond acceptors (Lipinski definition) is 0. The molecule has 0 radical (unpaired) electrons. The van der Waals surface area contributed by atoms with E-state index in [0.717, 1.165) is 43.4 Å². The van der Waals surface area contributed by atoms with E-state index in [1.54, 1.807) is 0 Å². The molecule has 3 unspecified atom stereocenters. The van der Waals surface area contributed by atoms with Gasteiger partial charge in [-0.15, -0.1) is 0 Å². The minimum absolute atomic E-state index is 0.0691. The quantitative estimate of drug-likeness (QED) is 0.0464. The first-order valence-corrected chi connectivity index (χ1v) is 20.4. The Balaban J connectivity index is 4.66. The van der Waals surface area contributed by atoms with Crippen LogP contribution in [-0.2, 0) is 0 Å². The minimum atomic E-state index is -2.14. The van der Waals surface area contributed by atoms with Crippen molar-refractivity contribution in [1.82, 2.24) is 0 Å². The van der Waals surface area contributed by atoms with Gasteiger partial charge in [-0.25, -0.2) is 17.6 Å². The second-order valence-electron chi connectivity index (χ2n) is 14.9. The maximum absolute atomic E-state index is 12.4.